The third-order valence-electron chi connectivity index (χ3n) is 2.66. The van der Waals surface area contributed by atoms with Crippen LogP contribution in [0.1, 0.15) is 23.1 Å². The minimum absolute atomic E-state index is 0.00981. The number of aryl methyl sites for hydroxylation is 1. The fourth-order valence-electron chi connectivity index (χ4n) is 1.63. The van der Waals surface area contributed by atoms with Crippen LogP contribution in [0.5, 0.6) is 0 Å². The lowest BCUT2D eigenvalue weighted by atomic mass is 10.2. The number of rotatable bonds is 2. The molecule has 0 saturated carbocycles. The molecule has 0 aliphatic rings. The van der Waals surface area contributed by atoms with Gasteiger partial charge in [-0.3, -0.25) is 19.9 Å². The zero-order chi connectivity index (χ0) is 15.1. The molecule has 1 N–H and O–H groups in total. The van der Waals surface area contributed by atoms with Crippen LogP contribution in [0.15, 0.2) is 54.9 Å². The summed E-state index contributed by atoms with van der Waals surface area (Å²) in [7, 11) is 0. The van der Waals surface area contributed by atoms with Crippen LogP contribution >= 0.6 is 0 Å². The van der Waals surface area contributed by atoms with E-state index in [-0.39, 0.29) is 5.78 Å². The highest BCUT2D eigenvalue weighted by molar-refractivity contribution is 5.91. The molecule has 0 spiro atoms. The van der Waals surface area contributed by atoms with E-state index in [1.165, 1.54) is 6.92 Å². The molecule has 0 amide bonds. The van der Waals surface area contributed by atoms with Gasteiger partial charge in [0.2, 0.25) is 0 Å². The van der Waals surface area contributed by atoms with Crippen molar-refractivity contribution in [3.8, 4) is 11.4 Å². The average molecular weight is 280 g/mol. The number of Topliss-reactive ketones (excluding diaryl/α,β-unsaturated/α-hetero) is 1. The van der Waals surface area contributed by atoms with Crippen molar-refractivity contribution in [2.24, 2.45) is 0 Å². The van der Waals surface area contributed by atoms with Crippen LogP contribution in [-0.4, -0.2) is 25.9 Å². The van der Waals surface area contributed by atoms with Crippen molar-refractivity contribution in [2.45, 2.75) is 13.8 Å². The normalized spacial score (nSPS) is 9.62. The lowest BCUT2D eigenvalue weighted by molar-refractivity contribution is 0.101. The quantitative estimate of drug-likeness (QED) is 0.732. The minimum atomic E-state index is 0.00981. The van der Waals surface area contributed by atoms with E-state index >= 15 is 0 Å². The van der Waals surface area contributed by atoms with Gasteiger partial charge < -0.3 is 0 Å². The zero-order valence-corrected chi connectivity index (χ0v) is 11.9. The Labute approximate surface area is 123 Å². The van der Waals surface area contributed by atoms with Gasteiger partial charge in [-0.15, -0.1) is 0 Å². The Kier molecular flexibility index (Phi) is 4.93. The first-order valence-electron chi connectivity index (χ1n) is 6.52. The number of H-pyrrole nitrogens is 1. The fraction of sp³-hybridized carbons (Fsp3) is 0.125. The van der Waals surface area contributed by atoms with Crippen molar-refractivity contribution in [2.75, 3.05) is 0 Å². The molecule has 0 aliphatic carbocycles. The molecule has 3 aromatic rings. The summed E-state index contributed by atoms with van der Waals surface area (Å²) in [5.41, 5.74) is 3.38. The molecule has 0 saturated heterocycles. The zero-order valence-electron chi connectivity index (χ0n) is 11.9. The highest BCUT2D eigenvalue weighted by Crippen LogP contribution is 2.12. The van der Waals surface area contributed by atoms with E-state index in [4.69, 9.17) is 0 Å². The van der Waals surface area contributed by atoms with Gasteiger partial charge in [-0.1, -0.05) is 12.1 Å². The summed E-state index contributed by atoms with van der Waals surface area (Å²) >= 11 is 0. The SMILES string of the molecule is CC(=O)c1ccccn1.Cc1cc(-c2ccccn2)n[nH]1. The van der Waals surface area contributed by atoms with Gasteiger partial charge in [0, 0.05) is 25.0 Å². The summed E-state index contributed by atoms with van der Waals surface area (Å²) in [5.74, 6) is 0.00981. The maximum atomic E-state index is 10.6. The molecule has 0 aromatic carbocycles. The third-order valence-corrected chi connectivity index (χ3v) is 2.66. The Balaban J connectivity index is 0.000000161. The number of nitrogens with one attached hydrogen (secondary N) is 1. The second-order valence-corrected chi connectivity index (χ2v) is 4.42. The van der Waals surface area contributed by atoms with E-state index in [9.17, 15) is 4.79 Å². The van der Waals surface area contributed by atoms with E-state index in [0.29, 0.717) is 5.69 Å². The first-order chi connectivity index (χ1) is 10.2. The maximum Gasteiger partial charge on any atom is 0.178 e. The number of hydrogen-bond acceptors (Lipinski definition) is 4. The second kappa shape index (κ2) is 7.09. The predicted molar refractivity (Wildman–Crippen MR) is 80.8 cm³/mol. The van der Waals surface area contributed by atoms with E-state index in [1.807, 2.05) is 31.2 Å². The molecule has 21 heavy (non-hydrogen) atoms. The van der Waals surface area contributed by atoms with Gasteiger partial charge in [-0.25, -0.2) is 0 Å². The number of aromatic nitrogens is 4. The van der Waals surface area contributed by atoms with Crippen LogP contribution in [-0.2, 0) is 0 Å². The summed E-state index contributed by atoms with van der Waals surface area (Å²) < 4.78 is 0. The van der Waals surface area contributed by atoms with Crippen molar-refractivity contribution in [1.29, 1.82) is 0 Å². The van der Waals surface area contributed by atoms with Crippen molar-refractivity contribution >= 4 is 5.78 Å². The molecule has 3 aromatic heterocycles. The minimum Gasteiger partial charge on any atom is -0.293 e. The predicted octanol–water partition coefficient (Wildman–Crippen LogP) is 3.06. The summed E-state index contributed by atoms with van der Waals surface area (Å²) in [5, 5.41) is 6.98. The number of carbonyl (C=O) groups is 1. The van der Waals surface area contributed by atoms with Crippen molar-refractivity contribution in [3.05, 3.63) is 66.2 Å². The monoisotopic (exact) mass is 280 g/mol. The van der Waals surface area contributed by atoms with Crippen LogP contribution in [0.4, 0.5) is 0 Å². The molecule has 0 fully saturated rings. The molecule has 0 bridgehead atoms. The Morgan fingerprint density at radius 1 is 1.00 bits per heavy atom. The molecular weight excluding hydrogens is 264 g/mol. The highest BCUT2D eigenvalue weighted by Gasteiger charge is 2.00. The van der Waals surface area contributed by atoms with Gasteiger partial charge in [-0.2, -0.15) is 5.10 Å². The summed E-state index contributed by atoms with van der Waals surface area (Å²) in [6, 6.07) is 13.0. The van der Waals surface area contributed by atoms with Crippen LogP contribution in [0.2, 0.25) is 0 Å². The Morgan fingerprint density at radius 3 is 2.14 bits per heavy atom. The molecule has 0 radical (unpaired) electrons. The smallest absolute Gasteiger partial charge is 0.178 e. The van der Waals surface area contributed by atoms with E-state index in [1.54, 1.807) is 30.6 Å². The first kappa shape index (κ1) is 14.6. The lowest BCUT2D eigenvalue weighted by Crippen LogP contribution is -1.93. The van der Waals surface area contributed by atoms with Crippen LogP contribution in [0, 0.1) is 6.92 Å². The maximum absolute atomic E-state index is 10.6. The van der Waals surface area contributed by atoms with Gasteiger partial charge in [-0.05, 0) is 37.3 Å². The molecular formula is C16H16N4O. The van der Waals surface area contributed by atoms with Crippen LogP contribution < -0.4 is 0 Å². The largest absolute Gasteiger partial charge is 0.293 e. The van der Waals surface area contributed by atoms with Crippen molar-refractivity contribution < 1.29 is 4.79 Å². The first-order valence-corrected chi connectivity index (χ1v) is 6.52. The number of pyridine rings is 2. The molecule has 3 rings (SSSR count). The third kappa shape index (κ3) is 4.35. The van der Waals surface area contributed by atoms with Crippen molar-refractivity contribution in [1.82, 2.24) is 20.2 Å². The van der Waals surface area contributed by atoms with Crippen molar-refractivity contribution in [3.63, 3.8) is 0 Å². The van der Waals surface area contributed by atoms with Gasteiger partial charge >= 0.3 is 0 Å². The number of ketones is 1. The van der Waals surface area contributed by atoms with Crippen LogP contribution in [0.3, 0.4) is 0 Å². The summed E-state index contributed by atoms with van der Waals surface area (Å²) in [6.07, 6.45) is 3.37. The lowest BCUT2D eigenvalue weighted by Gasteiger charge is -1.91. The fourth-order valence-corrected chi connectivity index (χ4v) is 1.63. The molecule has 0 atom stereocenters. The van der Waals surface area contributed by atoms with E-state index in [0.717, 1.165) is 17.1 Å². The van der Waals surface area contributed by atoms with E-state index in [2.05, 4.69) is 20.2 Å². The Morgan fingerprint density at radius 2 is 1.71 bits per heavy atom. The molecule has 0 unspecified atom stereocenters. The Bertz CT molecular complexity index is 693. The number of carbonyl (C=O) groups excluding carboxylic acids is 1. The van der Waals surface area contributed by atoms with Gasteiger partial charge in [0.25, 0.3) is 0 Å². The summed E-state index contributed by atoms with van der Waals surface area (Å²) in [4.78, 5) is 18.6. The highest BCUT2D eigenvalue weighted by atomic mass is 16.1. The van der Waals surface area contributed by atoms with Gasteiger partial charge in [0.1, 0.15) is 11.4 Å². The second-order valence-electron chi connectivity index (χ2n) is 4.42. The van der Waals surface area contributed by atoms with Crippen LogP contribution in [0.25, 0.3) is 11.4 Å². The topological polar surface area (TPSA) is 71.5 Å². The molecule has 0 aliphatic heterocycles. The number of aromatic amines is 1. The molecule has 106 valence electrons. The average Bonchev–Trinajstić information content (AvgIpc) is 2.96. The van der Waals surface area contributed by atoms with Gasteiger partial charge in [0.15, 0.2) is 5.78 Å². The Hall–Kier alpha value is -2.82. The molecule has 5 nitrogen and oxygen atoms in total. The number of nitrogens with zero attached hydrogens (tertiary/aromatic N) is 3. The van der Waals surface area contributed by atoms with E-state index < -0.39 is 0 Å². The molecule has 3 heterocycles. The molecule has 5 heteroatoms. The standard InChI is InChI=1S/C9H9N3.C7H7NO/c1-7-6-9(12-11-7)8-4-2-3-5-10-8;1-6(9)7-4-2-3-5-8-7/h2-6H,1H3,(H,11,12);2-5H,1H3. The number of hydrogen-bond donors (Lipinski definition) is 1. The van der Waals surface area contributed by atoms with Gasteiger partial charge in [0.05, 0.1) is 5.69 Å². The summed E-state index contributed by atoms with van der Waals surface area (Å²) in [6.45, 7) is 3.47.